The first-order valence-corrected chi connectivity index (χ1v) is 8.61. The number of amides is 1. The van der Waals surface area contributed by atoms with Gasteiger partial charge in [-0.3, -0.25) is 4.79 Å². The minimum Gasteiger partial charge on any atom is -0.481 e. The molecular formula is C16H26N2O4S. The van der Waals surface area contributed by atoms with Gasteiger partial charge in [0.25, 0.3) is 0 Å². The van der Waals surface area contributed by atoms with E-state index in [-0.39, 0.29) is 18.4 Å². The maximum Gasteiger partial charge on any atom is 0.416 e. The van der Waals surface area contributed by atoms with Crippen LogP contribution in [0.3, 0.4) is 0 Å². The van der Waals surface area contributed by atoms with Crippen LogP contribution in [0.25, 0.3) is 0 Å². The number of anilines is 1. The summed E-state index contributed by atoms with van der Waals surface area (Å²) >= 11 is 1.26. The molecule has 0 aliphatic carbocycles. The second kappa shape index (κ2) is 7.77. The average molecular weight is 342 g/mol. The van der Waals surface area contributed by atoms with Crippen LogP contribution in [0.2, 0.25) is 0 Å². The Labute approximate surface area is 141 Å². The first-order valence-electron chi connectivity index (χ1n) is 7.73. The van der Waals surface area contributed by atoms with E-state index in [9.17, 15) is 9.59 Å². The van der Waals surface area contributed by atoms with Gasteiger partial charge < -0.3 is 9.84 Å². The molecule has 1 amide bonds. The predicted molar refractivity (Wildman–Crippen MR) is 91.1 cm³/mol. The lowest BCUT2D eigenvalue weighted by Gasteiger charge is -2.32. The molecule has 0 saturated carbocycles. The Balaban J connectivity index is 3.10. The molecule has 0 aliphatic rings. The van der Waals surface area contributed by atoms with Crippen LogP contribution >= 0.6 is 11.3 Å². The van der Waals surface area contributed by atoms with Crippen molar-refractivity contribution in [2.75, 3.05) is 4.90 Å². The average Bonchev–Trinajstić information content (AvgIpc) is 2.82. The zero-order valence-electron chi connectivity index (χ0n) is 14.6. The molecule has 1 heterocycles. The fraction of sp³-hybridized carbons (Fsp3) is 0.688. The van der Waals surface area contributed by atoms with Crippen LogP contribution in [-0.4, -0.2) is 33.8 Å². The van der Waals surface area contributed by atoms with Gasteiger partial charge in [0, 0.05) is 11.4 Å². The molecule has 2 unspecified atom stereocenters. The molecule has 1 aromatic heterocycles. The van der Waals surface area contributed by atoms with E-state index in [2.05, 4.69) is 18.8 Å². The summed E-state index contributed by atoms with van der Waals surface area (Å²) < 4.78 is 5.50. The van der Waals surface area contributed by atoms with E-state index >= 15 is 0 Å². The summed E-state index contributed by atoms with van der Waals surface area (Å²) in [6.45, 7) is 11.5. The van der Waals surface area contributed by atoms with Crippen LogP contribution in [0.1, 0.15) is 53.7 Å². The lowest BCUT2D eigenvalue weighted by molar-refractivity contribution is -0.136. The summed E-state index contributed by atoms with van der Waals surface area (Å²) in [5.41, 5.74) is -0.159. The highest BCUT2D eigenvalue weighted by atomic mass is 32.1. The Morgan fingerprint density at radius 2 is 2.00 bits per heavy atom. The summed E-state index contributed by atoms with van der Waals surface area (Å²) in [6.07, 6.45) is 0.297. The number of aromatic nitrogens is 1. The summed E-state index contributed by atoms with van der Waals surface area (Å²) in [4.78, 5) is 29.3. The van der Waals surface area contributed by atoms with E-state index in [0.29, 0.717) is 10.8 Å². The van der Waals surface area contributed by atoms with Gasteiger partial charge in [-0.25, -0.2) is 14.7 Å². The molecule has 0 spiro atoms. The van der Waals surface area contributed by atoms with Crippen LogP contribution in [-0.2, 0) is 16.0 Å². The van der Waals surface area contributed by atoms with Crippen LogP contribution in [0, 0.1) is 5.92 Å². The molecular weight excluding hydrogens is 316 g/mol. The number of ether oxygens (including phenoxy) is 1. The minimum atomic E-state index is -0.944. The summed E-state index contributed by atoms with van der Waals surface area (Å²) in [7, 11) is 0. The fourth-order valence-corrected chi connectivity index (χ4v) is 2.87. The van der Waals surface area contributed by atoms with Crippen molar-refractivity contribution in [3.8, 4) is 0 Å². The van der Waals surface area contributed by atoms with E-state index in [1.165, 1.54) is 16.2 Å². The van der Waals surface area contributed by atoms with E-state index in [4.69, 9.17) is 9.84 Å². The van der Waals surface area contributed by atoms with Crippen molar-refractivity contribution in [2.45, 2.75) is 66.0 Å². The second-order valence-electron chi connectivity index (χ2n) is 6.67. The Hall–Kier alpha value is -1.63. The molecule has 0 radical (unpaired) electrons. The number of carboxylic acids is 1. The SMILES string of the molecule is CCC(C)C(C)N(C(=O)OC(C)(C)C)c1nc(CC(=O)O)cs1. The highest BCUT2D eigenvalue weighted by molar-refractivity contribution is 7.14. The standard InChI is InChI=1S/C16H26N2O4S/c1-7-10(2)11(3)18(15(21)22-16(4,5)6)14-17-12(9-23-14)8-13(19)20/h9-11H,7-8H2,1-6H3,(H,19,20). The first kappa shape index (κ1) is 19.4. The van der Waals surface area contributed by atoms with Gasteiger partial charge in [-0.2, -0.15) is 0 Å². The number of hydrogen-bond acceptors (Lipinski definition) is 5. The van der Waals surface area contributed by atoms with Gasteiger partial charge in [0.05, 0.1) is 12.1 Å². The van der Waals surface area contributed by atoms with Crippen LogP contribution in [0.15, 0.2) is 5.38 Å². The quantitative estimate of drug-likeness (QED) is 0.847. The van der Waals surface area contributed by atoms with Crippen LogP contribution in [0.4, 0.5) is 9.93 Å². The van der Waals surface area contributed by atoms with Gasteiger partial charge in [-0.05, 0) is 33.6 Å². The van der Waals surface area contributed by atoms with Crippen molar-refractivity contribution in [1.82, 2.24) is 4.98 Å². The molecule has 130 valence electrons. The van der Waals surface area contributed by atoms with Gasteiger partial charge >= 0.3 is 12.1 Å². The van der Waals surface area contributed by atoms with E-state index in [0.717, 1.165) is 6.42 Å². The molecule has 6 nitrogen and oxygen atoms in total. The normalized spacial score (nSPS) is 14.2. The summed E-state index contributed by atoms with van der Waals surface area (Å²) in [5, 5.41) is 11.0. The minimum absolute atomic E-state index is 0.0984. The Morgan fingerprint density at radius 3 is 2.48 bits per heavy atom. The molecule has 0 saturated heterocycles. The van der Waals surface area contributed by atoms with Gasteiger partial charge in [0.1, 0.15) is 5.60 Å². The molecule has 0 aromatic carbocycles. The largest absolute Gasteiger partial charge is 0.481 e. The molecule has 1 aromatic rings. The molecule has 7 heteroatoms. The third-order valence-corrected chi connectivity index (χ3v) is 4.43. The molecule has 2 atom stereocenters. The van der Waals surface area contributed by atoms with Gasteiger partial charge in [-0.1, -0.05) is 20.3 Å². The van der Waals surface area contributed by atoms with Crippen molar-refractivity contribution >= 4 is 28.5 Å². The number of carboxylic acid groups (broad SMARTS) is 1. The summed E-state index contributed by atoms with van der Waals surface area (Å²) in [5.74, 6) is -0.685. The maximum absolute atomic E-state index is 12.6. The zero-order valence-corrected chi connectivity index (χ0v) is 15.4. The molecule has 1 N–H and O–H groups in total. The highest BCUT2D eigenvalue weighted by Crippen LogP contribution is 2.28. The van der Waals surface area contributed by atoms with Crippen molar-refractivity contribution in [3.05, 3.63) is 11.1 Å². The topological polar surface area (TPSA) is 79.7 Å². The van der Waals surface area contributed by atoms with Crippen LogP contribution < -0.4 is 4.90 Å². The van der Waals surface area contributed by atoms with Crippen molar-refractivity contribution in [3.63, 3.8) is 0 Å². The van der Waals surface area contributed by atoms with Gasteiger partial charge in [0.2, 0.25) is 0 Å². The highest BCUT2D eigenvalue weighted by Gasteiger charge is 2.31. The molecule has 0 aliphatic heterocycles. The number of carbonyl (C=O) groups is 2. The number of thiazole rings is 1. The number of carbonyl (C=O) groups excluding carboxylic acids is 1. The Bertz CT molecular complexity index is 551. The third kappa shape index (κ3) is 5.82. The van der Waals surface area contributed by atoms with Crippen molar-refractivity contribution in [1.29, 1.82) is 0 Å². The Kier molecular flexibility index (Phi) is 6.56. The van der Waals surface area contributed by atoms with Crippen molar-refractivity contribution in [2.24, 2.45) is 5.92 Å². The zero-order chi connectivity index (χ0) is 17.8. The summed E-state index contributed by atoms with van der Waals surface area (Å²) in [6, 6.07) is -0.0984. The number of nitrogens with zero attached hydrogens (tertiary/aromatic N) is 2. The fourth-order valence-electron chi connectivity index (χ4n) is 1.97. The number of rotatable bonds is 6. The molecule has 0 bridgehead atoms. The predicted octanol–water partition coefficient (Wildman–Crippen LogP) is 3.95. The Morgan fingerprint density at radius 1 is 1.39 bits per heavy atom. The number of aliphatic carboxylic acids is 1. The third-order valence-electron chi connectivity index (χ3n) is 3.54. The molecule has 1 rings (SSSR count). The smallest absolute Gasteiger partial charge is 0.416 e. The molecule has 0 fully saturated rings. The van der Waals surface area contributed by atoms with Crippen LogP contribution in [0.5, 0.6) is 0 Å². The lowest BCUT2D eigenvalue weighted by atomic mass is 10.00. The second-order valence-corrected chi connectivity index (χ2v) is 7.50. The first-order chi connectivity index (χ1) is 10.5. The van der Waals surface area contributed by atoms with Gasteiger partial charge in [-0.15, -0.1) is 11.3 Å². The van der Waals surface area contributed by atoms with Gasteiger partial charge in [0.15, 0.2) is 5.13 Å². The lowest BCUT2D eigenvalue weighted by Crippen LogP contribution is -2.45. The van der Waals surface area contributed by atoms with E-state index < -0.39 is 17.7 Å². The molecule has 23 heavy (non-hydrogen) atoms. The van der Waals surface area contributed by atoms with E-state index in [1.54, 1.807) is 5.38 Å². The van der Waals surface area contributed by atoms with E-state index in [1.807, 2.05) is 27.7 Å². The maximum atomic E-state index is 12.6. The van der Waals surface area contributed by atoms with Crippen molar-refractivity contribution < 1.29 is 19.4 Å². The monoisotopic (exact) mass is 342 g/mol. The number of hydrogen-bond donors (Lipinski definition) is 1.